The maximum Gasteiger partial charge on any atom is 0.143 e. The number of hydrogen-bond donors (Lipinski definition) is 1. The lowest BCUT2D eigenvalue weighted by Gasteiger charge is -2.02. The molecule has 0 bridgehead atoms. The minimum absolute atomic E-state index is 0.0956. The predicted molar refractivity (Wildman–Crippen MR) is 51.6 cm³/mol. The fourth-order valence-corrected chi connectivity index (χ4v) is 1.51. The summed E-state index contributed by atoms with van der Waals surface area (Å²) in [6.07, 6.45) is 0.508. The summed E-state index contributed by atoms with van der Waals surface area (Å²) < 4.78 is 25.7. The third kappa shape index (κ3) is 1.98. The molecule has 0 aliphatic carbocycles. The van der Waals surface area contributed by atoms with Gasteiger partial charge in [-0.05, 0) is 39.7 Å². The number of aryl methyl sites for hydroxylation is 1. The van der Waals surface area contributed by atoms with Gasteiger partial charge in [-0.2, -0.15) is 12.6 Å². The molecule has 1 rings (SSSR count). The van der Waals surface area contributed by atoms with Crippen molar-refractivity contribution in [2.24, 2.45) is 0 Å². The highest BCUT2D eigenvalue weighted by molar-refractivity contribution is 9.10. The normalized spacial score (nSPS) is 10.3. The Morgan fingerprint density at radius 3 is 2.58 bits per heavy atom. The molecule has 0 unspecified atom stereocenters. The maximum absolute atomic E-state index is 13.1. The van der Waals surface area contributed by atoms with E-state index in [1.807, 2.05) is 0 Å². The van der Waals surface area contributed by atoms with Gasteiger partial charge in [0.05, 0.1) is 4.47 Å². The maximum atomic E-state index is 13.1. The highest BCUT2D eigenvalue weighted by Gasteiger charge is 2.09. The zero-order valence-corrected chi connectivity index (χ0v) is 8.63. The number of benzene rings is 1. The van der Waals surface area contributed by atoms with E-state index in [4.69, 9.17) is 0 Å². The van der Waals surface area contributed by atoms with Crippen molar-refractivity contribution in [1.29, 1.82) is 0 Å². The van der Waals surface area contributed by atoms with E-state index in [-0.39, 0.29) is 4.47 Å². The van der Waals surface area contributed by atoms with Crippen LogP contribution in [0, 0.1) is 11.6 Å². The molecule has 12 heavy (non-hydrogen) atoms. The van der Waals surface area contributed by atoms with Gasteiger partial charge in [-0.1, -0.05) is 6.07 Å². The highest BCUT2D eigenvalue weighted by Crippen LogP contribution is 2.22. The van der Waals surface area contributed by atoms with Crippen molar-refractivity contribution >= 4 is 28.6 Å². The molecule has 4 heteroatoms. The van der Waals surface area contributed by atoms with Crippen LogP contribution in [0.15, 0.2) is 16.6 Å². The third-order valence-corrected chi connectivity index (χ3v) is 2.45. The molecule has 0 saturated carbocycles. The monoisotopic (exact) mass is 252 g/mol. The van der Waals surface area contributed by atoms with Crippen molar-refractivity contribution < 1.29 is 8.78 Å². The summed E-state index contributed by atoms with van der Waals surface area (Å²) >= 11 is 6.79. The first kappa shape index (κ1) is 9.99. The van der Waals surface area contributed by atoms with E-state index in [0.29, 0.717) is 17.7 Å². The highest BCUT2D eigenvalue weighted by atomic mass is 79.9. The standard InChI is InChI=1S/C8H7BrF2S/c9-7-6(10)2-1-5(3-4-12)8(7)11/h1-2,12H,3-4H2. The molecule has 0 aliphatic rings. The van der Waals surface area contributed by atoms with Gasteiger partial charge in [0.2, 0.25) is 0 Å². The average molecular weight is 253 g/mol. The Balaban J connectivity index is 3.08. The second-order valence-corrected chi connectivity index (χ2v) is 3.55. The Kier molecular flexibility index (Phi) is 3.53. The Bertz CT molecular complexity index is 289. The van der Waals surface area contributed by atoms with Gasteiger partial charge in [0.15, 0.2) is 0 Å². The van der Waals surface area contributed by atoms with Crippen LogP contribution in [-0.4, -0.2) is 5.75 Å². The van der Waals surface area contributed by atoms with Gasteiger partial charge in [-0.3, -0.25) is 0 Å². The van der Waals surface area contributed by atoms with Gasteiger partial charge < -0.3 is 0 Å². The van der Waals surface area contributed by atoms with E-state index in [9.17, 15) is 8.78 Å². The van der Waals surface area contributed by atoms with Crippen molar-refractivity contribution in [2.75, 3.05) is 5.75 Å². The SMILES string of the molecule is Fc1ccc(CCS)c(F)c1Br. The van der Waals surface area contributed by atoms with Crippen LogP contribution in [0.2, 0.25) is 0 Å². The number of hydrogen-bond acceptors (Lipinski definition) is 1. The number of thiol groups is 1. The fourth-order valence-electron chi connectivity index (χ4n) is 0.879. The zero-order valence-electron chi connectivity index (χ0n) is 6.15. The van der Waals surface area contributed by atoms with Crippen LogP contribution in [0.1, 0.15) is 5.56 Å². The van der Waals surface area contributed by atoms with Crippen molar-refractivity contribution in [3.8, 4) is 0 Å². The third-order valence-electron chi connectivity index (χ3n) is 1.50. The van der Waals surface area contributed by atoms with E-state index in [1.165, 1.54) is 12.1 Å². The van der Waals surface area contributed by atoms with E-state index < -0.39 is 11.6 Å². The van der Waals surface area contributed by atoms with Crippen molar-refractivity contribution in [2.45, 2.75) is 6.42 Å². The molecule has 0 heterocycles. The number of rotatable bonds is 2. The summed E-state index contributed by atoms with van der Waals surface area (Å²) in [4.78, 5) is 0. The minimum Gasteiger partial charge on any atom is -0.206 e. The van der Waals surface area contributed by atoms with E-state index in [2.05, 4.69) is 28.6 Å². The van der Waals surface area contributed by atoms with Crippen LogP contribution in [0.5, 0.6) is 0 Å². The summed E-state index contributed by atoms with van der Waals surface area (Å²) in [6.45, 7) is 0. The second kappa shape index (κ2) is 4.23. The van der Waals surface area contributed by atoms with Gasteiger partial charge in [0.25, 0.3) is 0 Å². The molecule has 0 amide bonds. The first-order valence-corrected chi connectivity index (χ1v) is 4.82. The molecular weight excluding hydrogens is 246 g/mol. The number of halogens is 3. The summed E-state index contributed by atoms with van der Waals surface area (Å²) in [7, 11) is 0. The Labute approximate surface area is 83.5 Å². The molecule has 0 fully saturated rings. The molecule has 0 spiro atoms. The molecule has 1 aromatic carbocycles. The quantitative estimate of drug-likeness (QED) is 0.607. The van der Waals surface area contributed by atoms with Crippen LogP contribution in [0.3, 0.4) is 0 Å². The van der Waals surface area contributed by atoms with E-state index in [0.717, 1.165) is 0 Å². The minimum atomic E-state index is -0.574. The molecule has 0 radical (unpaired) electrons. The molecular formula is C8H7BrF2S. The largest absolute Gasteiger partial charge is 0.206 e. The Hall–Kier alpha value is -0.0900. The lowest BCUT2D eigenvalue weighted by Crippen LogP contribution is -1.94. The zero-order chi connectivity index (χ0) is 9.14. The van der Waals surface area contributed by atoms with E-state index in [1.54, 1.807) is 0 Å². The molecule has 0 N–H and O–H groups in total. The van der Waals surface area contributed by atoms with E-state index >= 15 is 0 Å². The van der Waals surface area contributed by atoms with Gasteiger partial charge in [0.1, 0.15) is 11.6 Å². The molecule has 0 nitrogen and oxygen atoms in total. The van der Waals surface area contributed by atoms with Gasteiger partial charge >= 0.3 is 0 Å². The molecule has 66 valence electrons. The molecule has 0 aliphatic heterocycles. The first-order chi connectivity index (χ1) is 5.66. The Morgan fingerprint density at radius 1 is 1.33 bits per heavy atom. The topological polar surface area (TPSA) is 0 Å². The Morgan fingerprint density at radius 2 is 2.00 bits per heavy atom. The smallest absolute Gasteiger partial charge is 0.143 e. The van der Waals surface area contributed by atoms with Crippen LogP contribution in [-0.2, 0) is 6.42 Å². The van der Waals surface area contributed by atoms with Crippen LogP contribution in [0.4, 0.5) is 8.78 Å². The van der Waals surface area contributed by atoms with Crippen LogP contribution < -0.4 is 0 Å². The molecule has 0 atom stereocenters. The molecule has 1 aromatic rings. The van der Waals surface area contributed by atoms with Gasteiger partial charge in [-0.25, -0.2) is 8.78 Å². The summed E-state index contributed by atoms with van der Waals surface area (Å²) in [6, 6.07) is 2.68. The van der Waals surface area contributed by atoms with Crippen molar-refractivity contribution in [3.05, 3.63) is 33.8 Å². The lowest BCUT2D eigenvalue weighted by atomic mass is 10.1. The molecule has 0 saturated heterocycles. The lowest BCUT2D eigenvalue weighted by molar-refractivity contribution is 0.562. The first-order valence-electron chi connectivity index (χ1n) is 3.40. The summed E-state index contributed by atoms with van der Waals surface area (Å²) in [5.41, 5.74) is 0.485. The van der Waals surface area contributed by atoms with Gasteiger partial charge in [0, 0.05) is 0 Å². The second-order valence-electron chi connectivity index (χ2n) is 2.31. The van der Waals surface area contributed by atoms with Crippen LogP contribution >= 0.6 is 28.6 Å². The average Bonchev–Trinajstić information content (AvgIpc) is 2.07. The van der Waals surface area contributed by atoms with Crippen LogP contribution in [0.25, 0.3) is 0 Å². The fraction of sp³-hybridized carbons (Fsp3) is 0.250. The van der Waals surface area contributed by atoms with Crippen molar-refractivity contribution in [3.63, 3.8) is 0 Å². The van der Waals surface area contributed by atoms with Crippen molar-refractivity contribution in [1.82, 2.24) is 0 Å². The summed E-state index contributed by atoms with van der Waals surface area (Å²) in [5.74, 6) is -0.547. The molecule has 0 aromatic heterocycles. The van der Waals surface area contributed by atoms with Gasteiger partial charge in [-0.15, -0.1) is 0 Å². The predicted octanol–water partition coefficient (Wildman–Crippen LogP) is 3.20. The summed E-state index contributed by atoms with van der Waals surface area (Å²) in [5, 5.41) is 0.